The maximum Gasteiger partial charge on any atom is 0.190 e. The van der Waals surface area contributed by atoms with Crippen LogP contribution in [0.25, 0.3) is 0 Å². The Bertz CT molecular complexity index is 622. The fraction of sp³-hybridized carbons (Fsp3) is 0.522. The summed E-state index contributed by atoms with van der Waals surface area (Å²) >= 11 is 0. The highest BCUT2D eigenvalue weighted by Crippen LogP contribution is 2.26. The van der Waals surface area contributed by atoms with Crippen molar-refractivity contribution in [2.24, 2.45) is 11.8 Å². The number of hydrogen-bond acceptors (Lipinski definition) is 1. The maximum absolute atomic E-state index is 12.5. The number of Topliss-reactive ketones (excluding diaryl/α,β-unsaturated/α-hetero) is 1. The lowest BCUT2D eigenvalue weighted by atomic mass is 9.59. The summed E-state index contributed by atoms with van der Waals surface area (Å²) in [5, 5.41) is 0. The lowest BCUT2D eigenvalue weighted by Gasteiger charge is -2.15. The second-order valence-electron chi connectivity index (χ2n) is 7.66. The minimum atomic E-state index is 0.267. The molecule has 1 aromatic carbocycles. The van der Waals surface area contributed by atoms with Crippen LogP contribution in [0.15, 0.2) is 47.4 Å². The molecule has 133 valence electrons. The average Bonchev–Trinajstić information content (AvgIpc) is 3.08. The van der Waals surface area contributed by atoms with E-state index < -0.39 is 0 Å². The van der Waals surface area contributed by atoms with Crippen LogP contribution >= 0.6 is 0 Å². The summed E-state index contributed by atoms with van der Waals surface area (Å²) in [7, 11) is 2.12. The average molecular weight is 335 g/mol. The third kappa shape index (κ3) is 6.02. The van der Waals surface area contributed by atoms with Gasteiger partial charge in [-0.1, -0.05) is 82.4 Å². The van der Waals surface area contributed by atoms with E-state index in [9.17, 15) is 4.79 Å². The molecule has 0 amide bonds. The van der Waals surface area contributed by atoms with E-state index in [0.29, 0.717) is 18.3 Å². The molecule has 0 spiro atoms. The van der Waals surface area contributed by atoms with Gasteiger partial charge in [-0.3, -0.25) is 4.79 Å². The Morgan fingerprint density at radius 3 is 2.32 bits per heavy atom. The van der Waals surface area contributed by atoms with E-state index in [1.54, 1.807) is 0 Å². The predicted molar refractivity (Wildman–Crippen MR) is 109 cm³/mol. The minimum absolute atomic E-state index is 0.267. The zero-order valence-electron chi connectivity index (χ0n) is 16.3. The van der Waals surface area contributed by atoms with E-state index in [1.165, 1.54) is 29.4 Å². The lowest BCUT2D eigenvalue weighted by molar-refractivity contribution is -0.114. The Labute approximate surface area is 154 Å². The van der Waals surface area contributed by atoms with E-state index in [2.05, 4.69) is 65.3 Å². The highest BCUT2D eigenvalue weighted by atomic mass is 16.1. The zero-order valence-corrected chi connectivity index (χ0v) is 16.3. The summed E-state index contributed by atoms with van der Waals surface area (Å²) in [6.45, 7) is 8.94. The number of benzene rings is 1. The van der Waals surface area contributed by atoms with Crippen molar-refractivity contribution in [2.75, 3.05) is 0 Å². The van der Waals surface area contributed by atoms with Crippen molar-refractivity contribution in [1.29, 1.82) is 0 Å². The number of ketones is 1. The van der Waals surface area contributed by atoms with Gasteiger partial charge in [0.05, 0.1) is 0 Å². The van der Waals surface area contributed by atoms with Crippen molar-refractivity contribution in [3.05, 3.63) is 58.5 Å². The molecule has 0 saturated carbocycles. The van der Waals surface area contributed by atoms with Gasteiger partial charge in [-0.25, -0.2) is 0 Å². The molecule has 1 aliphatic rings. The first-order valence-electron chi connectivity index (χ1n) is 9.91. The van der Waals surface area contributed by atoms with Crippen LogP contribution in [-0.2, 0) is 17.6 Å². The number of carbonyl (C=O) groups is 1. The van der Waals surface area contributed by atoms with Gasteiger partial charge in [0.1, 0.15) is 5.78 Å². The Kier molecular flexibility index (Phi) is 7.74. The molecule has 0 bridgehead atoms. The van der Waals surface area contributed by atoms with Crippen LogP contribution < -0.4 is 0 Å². The zero-order chi connectivity index (χ0) is 18.2. The predicted octanol–water partition coefficient (Wildman–Crippen LogP) is 5.70. The van der Waals surface area contributed by atoms with E-state index in [1.807, 2.05) is 6.08 Å². The van der Waals surface area contributed by atoms with Crippen molar-refractivity contribution in [2.45, 2.75) is 66.2 Å². The number of allylic oxidation sites excluding steroid dienone is 4. The molecule has 1 radical (unpaired) electrons. The quantitative estimate of drug-likeness (QED) is 0.501. The second kappa shape index (κ2) is 9.80. The number of aryl methyl sites for hydroxylation is 1. The van der Waals surface area contributed by atoms with E-state index >= 15 is 0 Å². The van der Waals surface area contributed by atoms with Crippen molar-refractivity contribution >= 4 is 13.1 Å². The van der Waals surface area contributed by atoms with Crippen molar-refractivity contribution < 1.29 is 4.79 Å². The van der Waals surface area contributed by atoms with Crippen molar-refractivity contribution in [3.63, 3.8) is 0 Å². The fourth-order valence-corrected chi connectivity index (χ4v) is 3.56. The molecule has 2 rings (SSSR count). The molecule has 0 fully saturated rings. The van der Waals surface area contributed by atoms with Gasteiger partial charge in [0.25, 0.3) is 0 Å². The molecule has 1 aliphatic heterocycles. The molecule has 0 aromatic heterocycles. The first kappa shape index (κ1) is 19.8. The number of carbonyl (C=O) groups excluding carboxylic acids is 1. The first-order valence-corrected chi connectivity index (χ1v) is 9.91. The molecular weight excluding hydrogens is 303 g/mol. The molecular formula is C23H32BO. The molecule has 0 unspecified atom stereocenters. The van der Waals surface area contributed by atoms with E-state index in [4.69, 9.17) is 0 Å². The Morgan fingerprint density at radius 2 is 1.72 bits per heavy atom. The molecule has 2 heteroatoms. The smallest absolute Gasteiger partial charge is 0.190 e. The Hall–Kier alpha value is -1.57. The van der Waals surface area contributed by atoms with Crippen molar-refractivity contribution in [1.82, 2.24) is 0 Å². The van der Waals surface area contributed by atoms with Crippen LogP contribution in [-0.4, -0.2) is 13.1 Å². The summed E-state index contributed by atoms with van der Waals surface area (Å²) in [5.74, 6) is 1.54. The largest absolute Gasteiger partial charge is 0.295 e. The first-order chi connectivity index (χ1) is 12.0. The monoisotopic (exact) mass is 335 g/mol. The van der Waals surface area contributed by atoms with Gasteiger partial charge < -0.3 is 0 Å². The highest BCUT2D eigenvalue weighted by Gasteiger charge is 2.21. The van der Waals surface area contributed by atoms with Crippen molar-refractivity contribution in [3.8, 4) is 0 Å². The highest BCUT2D eigenvalue weighted by molar-refractivity contribution is 6.62. The van der Waals surface area contributed by atoms with Crippen LogP contribution in [0.5, 0.6) is 0 Å². The molecule has 25 heavy (non-hydrogen) atoms. The van der Waals surface area contributed by atoms with Crippen LogP contribution in [0.1, 0.15) is 64.5 Å². The van der Waals surface area contributed by atoms with E-state index in [0.717, 1.165) is 24.7 Å². The van der Waals surface area contributed by atoms with Gasteiger partial charge in [-0.2, -0.15) is 0 Å². The van der Waals surface area contributed by atoms with Gasteiger partial charge in [0, 0.05) is 6.42 Å². The van der Waals surface area contributed by atoms with Crippen LogP contribution in [0, 0.1) is 11.8 Å². The van der Waals surface area contributed by atoms with Gasteiger partial charge in [-0.05, 0) is 47.7 Å². The van der Waals surface area contributed by atoms with Gasteiger partial charge in [0.15, 0.2) is 7.28 Å². The van der Waals surface area contributed by atoms with Crippen LogP contribution in [0.3, 0.4) is 0 Å². The topological polar surface area (TPSA) is 17.1 Å². The number of hydrogen-bond donors (Lipinski definition) is 0. The van der Waals surface area contributed by atoms with Crippen LogP contribution in [0.4, 0.5) is 0 Å². The van der Waals surface area contributed by atoms with Gasteiger partial charge >= 0.3 is 0 Å². The SMILES string of the molecule is CCC[C@@H](CC)C1=CC=C(C(=O)CCc2ccc(CC(C)C)cc2)[B]1. The maximum atomic E-state index is 12.5. The van der Waals surface area contributed by atoms with Crippen LogP contribution in [0.2, 0.25) is 0 Å². The summed E-state index contributed by atoms with van der Waals surface area (Å²) in [5.41, 5.74) is 4.86. The van der Waals surface area contributed by atoms with Gasteiger partial charge in [-0.15, -0.1) is 0 Å². The number of rotatable bonds is 10. The molecule has 0 aliphatic carbocycles. The normalized spacial score (nSPS) is 14.9. The molecule has 1 atom stereocenters. The lowest BCUT2D eigenvalue weighted by Crippen LogP contribution is -2.14. The summed E-state index contributed by atoms with van der Waals surface area (Å²) < 4.78 is 0. The third-order valence-electron chi connectivity index (χ3n) is 5.01. The molecule has 0 N–H and O–H groups in total. The fourth-order valence-electron chi connectivity index (χ4n) is 3.56. The molecule has 1 nitrogen and oxygen atoms in total. The van der Waals surface area contributed by atoms with E-state index in [-0.39, 0.29) is 5.78 Å². The molecule has 1 heterocycles. The molecule has 1 aromatic rings. The summed E-state index contributed by atoms with van der Waals surface area (Å²) in [4.78, 5) is 12.5. The molecule has 0 saturated heterocycles. The summed E-state index contributed by atoms with van der Waals surface area (Å²) in [6.07, 6.45) is 10.3. The van der Waals surface area contributed by atoms with Gasteiger partial charge in [0.2, 0.25) is 0 Å². The Morgan fingerprint density at radius 1 is 1.04 bits per heavy atom. The minimum Gasteiger partial charge on any atom is -0.295 e. The Balaban J connectivity index is 1.81. The third-order valence-corrected chi connectivity index (χ3v) is 5.01. The summed E-state index contributed by atoms with van der Waals surface area (Å²) in [6, 6.07) is 8.76. The standard InChI is InChI=1S/C23H32BO/c1-5-7-20(6-2)21-13-14-22(24-21)23(25)15-12-18-8-10-19(11-9-18)16-17(3)4/h8-11,13-14,17,20H,5-7,12,15-16H2,1-4H3/t20-/m1/s1. The second-order valence-corrected chi connectivity index (χ2v) is 7.66.